The zero-order valence-corrected chi connectivity index (χ0v) is 12.9. The van der Waals surface area contributed by atoms with Crippen molar-refractivity contribution < 1.29 is 4.39 Å². The minimum absolute atomic E-state index is 0.183. The van der Waals surface area contributed by atoms with E-state index < -0.39 is 0 Å². The predicted molar refractivity (Wildman–Crippen MR) is 81.5 cm³/mol. The summed E-state index contributed by atoms with van der Waals surface area (Å²) in [6.45, 7) is 4.96. The Labute approximate surface area is 122 Å². The van der Waals surface area contributed by atoms with Gasteiger partial charge in [0.05, 0.1) is 16.4 Å². The van der Waals surface area contributed by atoms with Crippen LogP contribution in [0.1, 0.15) is 25.0 Å². The number of halogens is 2. The third-order valence-corrected chi connectivity index (χ3v) is 4.14. The number of rotatable bonds is 5. The Balaban J connectivity index is 2.46. The number of thioether (sulfide) groups is 1. The lowest BCUT2D eigenvalue weighted by atomic mass is 10.2. The molecule has 0 fully saturated rings. The maximum atomic E-state index is 13.3. The minimum Gasteiger partial charge on any atom is -0.326 e. The Bertz CT molecular complexity index is 568. The van der Waals surface area contributed by atoms with Gasteiger partial charge in [-0.2, -0.15) is 11.8 Å². The summed E-state index contributed by atoms with van der Waals surface area (Å²) in [5, 5.41) is -0.183. The average molecular weight is 301 g/mol. The molecule has 0 aliphatic carbocycles. The first kappa shape index (κ1) is 14.7. The summed E-state index contributed by atoms with van der Waals surface area (Å²) in [6, 6.07) is 4.72. The molecule has 0 aliphatic rings. The van der Waals surface area contributed by atoms with E-state index in [1.165, 1.54) is 12.1 Å². The fourth-order valence-corrected chi connectivity index (χ4v) is 3.11. The maximum Gasteiger partial charge on any atom is 0.127 e. The van der Waals surface area contributed by atoms with E-state index in [0.29, 0.717) is 11.4 Å². The van der Waals surface area contributed by atoms with Crippen molar-refractivity contribution in [3.63, 3.8) is 0 Å². The molecule has 0 aliphatic heterocycles. The quantitative estimate of drug-likeness (QED) is 0.758. The number of hydrogen-bond acceptors (Lipinski definition) is 2. The van der Waals surface area contributed by atoms with Crippen LogP contribution in [0.25, 0.3) is 11.0 Å². The normalized spacial score (nSPS) is 14.8. The third-order valence-electron chi connectivity index (χ3n) is 3.04. The standard InChI is InChI=1S/C14H18ClFN2S/c1-9(8-19-3)7-18-13-5-4-11(16)6-12(13)17-14(18)10(2)15/h4-6,9-10H,7-8H2,1-3H3. The number of aromatic nitrogens is 2. The second kappa shape index (κ2) is 6.14. The topological polar surface area (TPSA) is 17.8 Å². The fraction of sp³-hybridized carbons (Fsp3) is 0.500. The van der Waals surface area contributed by atoms with Crippen molar-refractivity contribution in [2.45, 2.75) is 25.8 Å². The highest BCUT2D eigenvalue weighted by atomic mass is 35.5. The van der Waals surface area contributed by atoms with Crippen molar-refractivity contribution in [3.8, 4) is 0 Å². The predicted octanol–water partition coefficient (Wildman–Crippen LogP) is 4.47. The molecule has 2 nitrogen and oxygen atoms in total. The first-order chi connectivity index (χ1) is 9.02. The molecular weight excluding hydrogens is 283 g/mol. The summed E-state index contributed by atoms with van der Waals surface area (Å²) in [5.74, 6) is 2.15. The Morgan fingerprint density at radius 3 is 2.79 bits per heavy atom. The fourth-order valence-electron chi connectivity index (χ4n) is 2.27. The molecule has 2 rings (SSSR count). The summed E-state index contributed by atoms with van der Waals surface area (Å²) in [5.41, 5.74) is 1.63. The van der Waals surface area contributed by atoms with Gasteiger partial charge in [-0.3, -0.25) is 0 Å². The molecular formula is C14H18ClFN2S. The highest BCUT2D eigenvalue weighted by Crippen LogP contribution is 2.26. The van der Waals surface area contributed by atoms with Gasteiger partial charge in [0.25, 0.3) is 0 Å². The van der Waals surface area contributed by atoms with Crippen molar-refractivity contribution >= 4 is 34.4 Å². The van der Waals surface area contributed by atoms with Gasteiger partial charge in [-0.15, -0.1) is 11.6 Å². The molecule has 1 aromatic carbocycles. The molecule has 1 aromatic heterocycles. The van der Waals surface area contributed by atoms with Crippen LogP contribution in [-0.4, -0.2) is 21.6 Å². The molecule has 1 heterocycles. The highest BCUT2D eigenvalue weighted by molar-refractivity contribution is 7.98. The van der Waals surface area contributed by atoms with Gasteiger partial charge in [-0.25, -0.2) is 9.37 Å². The summed E-state index contributed by atoms with van der Waals surface area (Å²) in [4.78, 5) is 4.47. The summed E-state index contributed by atoms with van der Waals surface area (Å²) < 4.78 is 15.4. The van der Waals surface area contributed by atoms with Crippen LogP contribution in [-0.2, 0) is 6.54 Å². The molecule has 19 heavy (non-hydrogen) atoms. The third kappa shape index (κ3) is 3.23. The maximum absolute atomic E-state index is 13.3. The molecule has 2 unspecified atom stereocenters. The van der Waals surface area contributed by atoms with Crippen LogP contribution in [0, 0.1) is 11.7 Å². The zero-order valence-electron chi connectivity index (χ0n) is 11.4. The monoisotopic (exact) mass is 300 g/mol. The van der Waals surface area contributed by atoms with E-state index in [0.717, 1.165) is 23.6 Å². The van der Waals surface area contributed by atoms with Crippen LogP contribution >= 0.6 is 23.4 Å². The van der Waals surface area contributed by atoms with Gasteiger partial charge >= 0.3 is 0 Å². The van der Waals surface area contributed by atoms with Crippen molar-refractivity contribution in [3.05, 3.63) is 29.8 Å². The summed E-state index contributed by atoms with van der Waals surface area (Å²) in [7, 11) is 0. The smallest absolute Gasteiger partial charge is 0.127 e. The lowest BCUT2D eigenvalue weighted by Gasteiger charge is -2.15. The SMILES string of the molecule is CSCC(C)Cn1c(C(C)Cl)nc2cc(F)ccc21. The van der Waals surface area contributed by atoms with Crippen LogP contribution < -0.4 is 0 Å². The van der Waals surface area contributed by atoms with Crippen LogP contribution in [0.15, 0.2) is 18.2 Å². The average Bonchev–Trinajstić information content (AvgIpc) is 2.67. The van der Waals surface area contributed by atoms with Crippen LogP contribution in [0.3, 0.4) is 0 Å². The van der Waals surface area contributed by atoms with Gasteiger partial charge in [0, 0.05) is 12.6 Å². The van der Waals surface area contributed by atoms with E-state index >= 15 is 0 Å². The van der Waals surface area contributed by atoms with Crippen molar-refractivity contribution in [2.75, 3.05) is 12.0 Å². The van der Waals surface area contributed by atoms with Gasteiger partial charge in [-0.05, 0) is 37.0 Å². The summed E-state index contributed by atoms with van der Waals surface area (Å²) in [6.07, 6.45) is 2.10. The molecule has 0 saturated heterocycles. The Kier molecular flexibility index (Phi) is 4.74. The molecule has 0 radical (unpaired) electrons. The molecule has 2 aromatic rings. The van der Waals surface area contributed by atoms with Gasteiger partial charge < -0.3 is 4.57 Å². The molecule has 2 atom stereocenters. The largest absolute Gasteiger partial charge is 0.326 e. The molecule has 0 bridgehead atoms. The van der Waals surface area contributed by atoms with Gasteiger partial charge in [0.1, 0.15) is 11.6 Å². The Hall–Kier alpha value is -0.740. The number of nitrogens with zero attached hydrogens (tertiary/aromatic N) is 2. The molecule has 5 heteroatoms. The number of imidazole rings is 1. The van der Waals surface area contributed by atoms with E-state index in [1.807, 2.05) is 18.7 Å². The van der Waals surface area contributed by atoms with E-state index in [-0.39, 0.29) is 11.2 Å². The minimum atomic E-state index is -0.261. The highest BCUT2D eigenvalue weighted by Gasteiger charge is 2.17. The van der Waals surface area contributed by atoms with Gasteiger partial charge in [0.15, 0.2) is 0 Å². The van der Waals surface area contributed by atoms with Crippen LogP contribution in [0.2, 0.25) is 0 Å². The number of benzene rings is 1. The van der Waals surface area contributed by atoms with E-state index in [4.69, 9.17) is 11.6 Å². The van der Waals surface area contributed by atoms with Gasteiger partial charge in [0.2, 0.25) is 0 Å². The first-order valence-electron chi connectivity index (χ1n) is 6.31. The Morgan fingerprint density at radius 1 is 1.42 bits per heavy atom. The molecule has 0 spiro atoms. The lowest BCUT2D eigenvalue weighted by molar-refractivity contribution is 0.524. The molecule has 0 saturated carbocycles. The van der Waals surface area contributed by atoms with Crippen molar-refractivity contribution in [2.24, 2.45) is 5.92 Å². The number of hydrogen-bond donors (Lipinski definition) is 0. The van der Waals surface area contributed by atoms with Gasteiger partial charge in [-0.1, -0.05) is 6.92 Å². The van der Waals surface area contributed by atoms with Crippen LogP contribution in [0.4, 0.5) is 4.39 Å². The number of fused-ring (bicyclic) bond motifs is 1. The second-order valence-corrected chi connectivity index (χ2v) is 6.46. The molecule has 0 N–H and O–H groups in total. The van der Waals surface area contributed by atoms with E-state index in [9.17, 15) is 4.39 Å². The van der Waals surface area contributed by atoms with E-state index in [1.54, 1.807) is 6.07 Å². The number of alkyl halides is 1. The Morgan fingerprint density at radius 2 is 2.16 bits per heavy atom. The summed E-state index contributed by atoms with van der Waals surface area (Å²) >= 11 is 8.02. The second-order valence-electron chi connectivity index (χ2n) is 4.89. The first-order valence-corrected chi connectivity index (χ1v) is 8.14. The van der Waals surface area contributed by atoms with E-state index in [2.05, 4.69) is 22.7 Å². The molecule has 0 amide bonds. The van der Waals surface area contributed by atoms with Crippen molar-refractivity contribution in [1.29, 1.82) is 0 Å². The van der Waals surface area contributed by atoms with Crippen molar-refractivity contribution in [1.82, 2.24) is 9.55 Å². The lowest BCUT2D eigenvalue weighted by Crippen LogP contribution is -2.13. The van der Waals surface area contributed by atoms with Crippen LogP contribution in [0.5, 0.6) is 0 Å². The molecule has 104 valence electrons. The zero-order chi connectivity index (χ0) is 14.0.